The van der Waals surface area contributed by atoms with Gasteiger partial charge < -0.3 is 9.47 Å². The van der Waals surface area contributed by atoms with Gasteiger partial charge in [-0.15, -0.1) is 6.58 Å². The predicted molar refractivity (Wildman–Crippen MR) is 109 cm³/mol. The van der Waals surface area contributed by atoms with Gasteiger partial charge in [-0.2, -0.15) is 0 Å². The number of rotatable bonds is 7. The molecule has 0 aliphatic heterocycles. The number of ketones is 1. The average molecular weight is 400 g/mol. The predicted octanol–water partition coefficient (Wildman–Crippen LogP) is 4.00. The molecule has 0 heterocycles. The molecule has 0 saturated heterocycles. The van der Waals surface area contributed by atoms with E-state index < -0.39 is 23.3 Å². The van der Waals surface area contributed by atoms with Crippen molar-refractivity contribution < 1.29 is 23.9 Å². The Morgan fingerprint density at radius 3 is 2.50 bits per heavy atom. The third-order valence-electron chi connectivity index (χ3n) is 3.65. The molecule has 0 amide bonds. The van der Waals surface area contributed by atoms with Crippen molar-refractivity contribution in [3.8, 4) is 0 Å². The highest BCUT2D eigenvalue weighted by Crippen LogP contribution is 2.34. The van der Waals surface area contributed by atoms with Crippen LogP contribution in [0.15, 0.2) is 66.5 Å². The first-order valence-electron chi connectivity index (χ1n) is 8.86. The van der Waals surface area contributed by atoms with Crippen LogP contribution in [0.3, 0.4) is 0 Å². The normalized spacial score (nSPS) is 18.0. The lowest BCUT2D eigenvalue weighted by atomic mass is 10.0. The number of ether oxygens (including phenoxy) is 2. The molecule has 28 heavy (non-hydrogen) atoms. The molecule has 1 unspecified atom stereocenters. The van der Waals surface area contributed by atoms with Crippen molar-refractivity contribution in [1.29, 1.82) is 0 Å². The average Bonchev–Trinajstić information content (AvgIpc) is 2.92. The molecule has 1 aliphatic carbocycles. The van der Waals surface area contributed by atoms with Crippen LogP contribution < -0.4 is 0 Å². The molecule has 0 spiro atoms. The van der Waals surface area contributed by atoms with Crippen LogP contribution in [-0.2, 0) is 30.5 Å². The summed E-state index contributed by atoms with van der Waals surface area (Å²) >= 11 is 0.978. The van der Waals surface area contributed by atoms with E-state index in [0.29, 0.717) is 5.75 Å². The van der Waals surface area contributed by atoms with Crippen LogP contribution in [0, 0.1) is 5.92 Å². The Bertz CT molecular complexity index is 815. The summed E-state index contributed by atoms with van der Waals surface area (Å²) in [7, 11) is 0. The summed E-state index contributed by atoms with van der Waals surface area (Å²) in [5.74, 6) is -1.51. The second kappa shape index (κ2) is 9.55. The van der Waals surface area contributed by atoms with E-state index in [9.17, 15) is 14.4 Å². The van der Waals surface area contributed by atoms with Gasteiger partial charge in [-0.05, 0) is 26.3 Å². The SMILES string of the molecule is C=CCSC(=O)C1C(=O)C=C(OCc2ccccc2)/C1=C\C(=O)OC(C)(C)C. The first kappa shape index (κ1) is 21.7. The van der Waals surface area contributed by atoms with Crippen LogP contribution >= 0.6 is 11.8 Å². The van der Waals surface area contributed by atoms with Crippen LogP contribution in [0.5, 0.6) is 0 Å². The van der Waals surface area contributed by atoms with E-state index in [1.807, 2.05) is 30.3 Å². The lowest BCUT2D eigenvalue weighted by Crippen LogP contribution is -2.24. The molecule has 0 bridgehead atoms. The Hall–Kier alpha value is -2.60. The first-order chi connectivity index (χ1) is 13.2. The van der Waals surface area contributed by atoms with Gasteiger partial charge in [0.1, 0.15) is 23.9 Å². The molecule has 0 saturated carbocycles. The molecule has 5 nitrogen and oxygen atoms in total. The van der Waals surface area contributed by atoms with Crippen LogP contribution in [0.1, 0.15) is 26.3 Å². The number of carbonyl (C=O) groups is 3. The number of allylic oxidation sites excluding steroid dienone is 2. The minimum atomic E-state index is -1.08. The molecule has 1 atom stereocenters. The van der Waals surface area contributed by atoms with Crippen molar-refractivity contribution in [2.75, 3.05) is 5.75 Å². The lowest BCUT2D eigenvalue weighted by molar-refractivity contribution is -0.148. The highest BCUT2D eigenvalue weighted by Gasteiger charge is 2.38. The summed E-state index contributed by atoms with van der Waals surface area (Å²) < 4.78 is 11.1. The molecule has 0 fully saturated rings. The Balaban J connectivity index is 2.26. The smallest absolute Gasteiger partial charge is 0.331 e. The zero-order valence-electron chi connectivity index (χ0n) is 16.3. The molecule has 148 valence electrons. The van der Waals surface area contributed by atoms with E-state index in [0.717, 1.165) is 17.3 Å². The summed E-state index contributed by atoms with van der Waals surface area (Å²) in [6.45, 7) is 9.03. The standard InChI is InChI=1S/C22H24O5S/c1-5-11-28-21(25)20-16(12-19(24)27-22(2,3)4)18(13-17(20)23)26-14-15-9-7-6-8-10-15/h5-10,12-13,20H,1,11,14H2,2-4H3/b16-12+. The zero-order valence-corrected chi connectivity index (χ0v) is 17.1. The fourth-order valence-corrected chi connectivity index (χ4v) is 3.22. The summed E-state index contributed by atoms with van der Waals surface area (Å²) in [5, 5.41) is -0.353. The second-order valence-corrected chi connectivity index (χ2v) is 8.19. The maximum atomic E-state index is 12.5. The van der Waals surface area contributed by atoms with Crippen molar-refractivity contribution in [2.45, 2.75) is 33.0 Å². The van der Waals surface area contributed by atoms with Crippen molar-refractivity contribution >= 4 is 28.6 Å². The number of esters is 1. The maximum Gasteiger partial charge on any atom is 0.331 e. The number of thioether (sulfide) groups is 1. The van der Waals surface area contributed by atoms with Crippen molar-refractivity contribution in [1.82, 2.24) is 0 Å². The van der Waals surface area contributed by atoms with E-state index in [1.165, 1.54) is 12.2 Å². The number of hydrogen-bond donors (Lipinski definition) is 0. The topological polar surface area (TPSA) is 69.7 Å². The molecule has 0 aromatic heterocycles. The van der Waals surface area contributed by atoms with Crippen LogP contribution in [-0.4, -0.2) is 28.2 Å². The van der Waals surface area contributed by atoms with E-state index in [2.05, 4.69) is 6.58 Å². The van der Waals surface area contributed by atoms with Gasteiger partial charge >= 0.3 is 5.97 Å². The van der Waals surface area contributed by atoms with Crippen LogP contribution in [0.4, 0.5) is 0 Å². The van der Waals surface area contributed by atoms with Gasteiger partial charge in [0.15, 0.2) is 5.78 Å². The van der Waals surface area contributed by atoms with E-state index in [1.54, 1.807) is 26.8 Å². The molecular weight excluding hydrogens is 376 g/mol. The number of benzene rings is 1. The van der Waals surface area contributed by atoms with Crippen LogP contribution in [0.2, 0.25) is 0 Å². The van der Waals surface area contributed by atoms with Gasteiger partial charge in [0.25, 0.3) is 0 Å². The quantitative estimate of drug-likeness (QED) is 0.298. The van der Waals surface area contributed by atoms with Crippen LogP contribution in [0.25, 0.3) is 0 Å². The van der Waals surface area contributed by atoms with Gasteiger partial charge in [0, 0.05) is 23.5 Å². The summed E-state index contributed by atoms with van der Waals surface area (Å²) in [6, 6.07) is 9.42. The third-order valence-corrected chi connectivity index (χ3v) is 4.57. The molecular formula is C22H24O5S. The number of carbonyl (C=O) groups excluding carboxylic acids is 3. The molecule has 6 heteroatoms. The third kappa shape index (κ3) is 6.23. The lowest BCUT2D eigenvalue weighted by Gasteiger charge is -2.19. The highest BCUT2D eigenvalue weighted by atomic mass is 32.2. The van der Waals surface area contributed by atoms with E-state index >= 15 is 0 Å². The van der Waals surface area contributed by atoms with Gasteiger partial charge in [0.05, 0.1) is 0 Å². The van der Waals surface area contributed by atoms with E-state index in [4.69, 9.17) is 9.47 Å². The monoisotopic (exact) mass is 400 g/mol. The molecule has 0 radical (unpaired) electrons. The van der Waals surface area contributed by atoms with Gasteiger partial charge in [-0.25, -0.2) is 4.79 Å². The first-order valence-corrected chi connectivity index (χ1v) is 9.84. The molecule has 1 aromatic rings. The fourth-order valence-electron chi connectivity index (χ4n) is 2.53. The minimum absolute atomic E-state index is 0.215. The molecule has 1 aliphatic rings. The van der Waals surface area contributed by atoms with Gasteiger partial charge in [-0.3, -0.25) is 9.59 Å². The van der Waals surface area contributed by atoms with Gasteiger partial charge in [0.2, 0.25) is 5.12 Å². The minimum Gasteiger partial charge on any atom is -0.488 e. The summed E-state index contributed by atoms with van der Waals surface area (Å²) in [4.78, 5) is 37.3. The molecule has 0 N–H and O–H groups in total. The van der Waals surface area contributed by atoms with E-state index in [-0.39, 0.29) is 23.1 Å². The zero-order chi connectivity index (χ0) is 20.7. The Morgan fingerprint density at radius 2 is 1.89 bits per heavy atom. The molecule has 1 aromatic carbocycles. The Morgan fingerprint density at radius 1 is 1.21 bits per heavy atom. The van der Waals surface area contributed by atoms with Crippen molar-refractivity contribution in [2.24, 2.45) is 5.92 Å². The largest absolute Gasteiger partial charge is 0.488 e. The van der Waals surface area contributed by atoms with Gasteiger partial charge in [-0.1, -0.05) is 48.2 Å². The van der Waals surface area contributed by atoms with Crippen molar-refractivity contribution in [3.05, 3.63) is 72.0 Å². The maximum absolute atomic E-state index is 12.5. The Kier molecular flexibility index (Phi) is 7.40. The Labute approximate surface area is 169 Å². The second-order valence-electron chi connectivity index (χ2n) is 7.17. The fraction of sp³-hybridized carbons (Fsp3) is 0.318. The highest BCUT2D eigenvalue weighted by molar-refractivity contribution is 8.13. The summed E-state index contributed by atoms with van der Waals surface area (Å²) in [6.07, 6.45) is 4.04. The van der Waals surface area contributed by atoms with Crippen molar-refractivity contribution in [3.63, 3.8) is 0 Å². The number of hydrogen-bond acceptors (Lipinski definition) is 6. The molecule has 2 rings (SSSR count). The summed E-state index contributed by atoms with van der Waals surface area (Å²) in [5.41, 5.74) is 0.447.